The number of anilines is 1. The van der Waals surface area contributed by atoms with E-state index in [4.69, 9.17) is 14.2 Å². The molecule has 0 aromatic heterocycles. The molecule has 0 bridgehead atoms. The van der Waals surface area contributed by atoms with E-state index >= 15 is 0 Å². The van der Waals surface area contributed by atoms with Crippen LogP contribution in [0.4, 0.5) is 10.1 Å². The van der Waals surface area contributed by atoms with Gasteiger partial charge in [0.25, 0.3) is 5.91 Å². The number of rotatable bonds is 5. The molecule has 0 atom stereocenters. The molecular weight excluding hydrogens is 289 g/mol. The number of carbonyl (C=O) groups excluding carboxylic acids is 1. The molecule has 2 aromatic rings. The van der Waals surface area contributed by atoms with Crippen molar-refractivity contribution in [2.24, 2.45) is 0 Å². The van der Waals surface area contributed by atoms with E-state index in [9.17, 15) is 9.18 Å². The third-order valence-corrected chi connectivity index (χ3v) is 3.07. The Kier molecular flexibility index (Phi) is 4.83. The van der Waals surface area contributed by atoms with Crippen LogP contribution in [0.3, 0.4) is 0 Å². The highest BCUT2D eigenvalue weighted by Gasteiger charge is 2.13. The highest BCUT2D eigenvalue weighted by molar-refractivity contribution is 6.05. The number of hydrogen-bond donors (Lipinski definition) is 1. The maximum absolute atomic E-state index is 13.6. The molecule has 0 aliphatic heterocycles. The summed E-state index contributed by atoms with van der Waals surface area (Å²) in [6, 6.07) is 8.97. The van der Waals surface area contributed by atoms with E-state index in [1.54, 1.807) is 18.2 Å². The quantitative estimate of drug-likeness (QED) is 0.922. The molecule has 0 radical (unpaired) electrons. The third kappa shape index (κ3) is 3.28. The van der Waals surface area contributed by atoms with Crippen molar-refractivity contribution in [1.29, 1.82) is 0 Å². The van der Waals surface area contributed by atoms with Crippen molar-refractivity contribution in [3.05, 3.63) is 47.8 Å². The molecule has 1 amide bonds. The average Bonchev–Trinajstić information content (AvgIpc) is 2.55. The predicted molar refractivity (Wildman–Crippen MR) is 80.5 cm³/mol. The lowest BCUT2D eigenvalue weighted by atomic mass is 10.2. The van der Waals surface area contributed by atoms with Gasteiger partial charge in [0, 0.05) is 11.6 Å². The maximum atomic E-state index is 13.6. The van der Waals surface area contributed by atoms with E-state index in [1.807, 2.05) is 0 Å². The lowest BCUT2D eigenvalue weighted by Crippen LogP contribution is -2.13. The first kappa shape index (κ1) is 15.6. The fourth-order valence-corrected chi connectivity index (χ4v) is 1.90. The number of methoxy groups -OCH3 is 3. The Bertz CT molecular complexity index is 688. The molecule has 0 aliphatic carbocycles. The first-order chi connectivity index (χ1) is 10.6. The fraction of sp³-hybridized carbons (Fsp3) is 0.188. The lowest BCUT2D eigenvalue weighted by Gasteiger charge is -2.12. The number of hydrogen-bond acceptors (Lipinski definition) is 4. The minimum Gasteiger partial charge on any atom is -0.497 e. The monoisotopic (exact) mass is 305 g/mol. The Morgan fingerprint density at radius 1 is 0.955 bits per heavy atom. The zero-order chi connectivity index (χ0) is 16.1. The molecule has 0 unspecified atom stereocenters. The smallest absolute Gasteiger partial charge is 0.255 e. The van der Waals surface area contributed by atoms with Crippen LogP contribution in [0.1, 0.15) is 10.4 Å². The van der Waals surface area contributed by atoms with Crippen molar-refractivity contribution >= 4 is 11.6 Å². The van der Waals surface area contributed by atoms with E-state index in [2.05, 4.69) is 5.32 Å². The number of halogens is 1. The molecule has 0 spiro atoms. The second-order valence-corrected chi connectivity index (χ2v) is 4.37. The standard InChI is InChI=1S/C16H16FNO4/c1-20-11-5-6-13(15(9-11)22-3)18-16(19)10-4-7-14(21-2)12(17)8-10/h4-9H,1-3H3,(H,18,19). The summed E-state index contributed by atoms with van der Waals surface area (Å²) in [5.41, 5.74) is 0.640. The van der Waals surface area contributed by atoms with Gasteiger partial charge in [-0.2, -0.15) is 0 Å². The zero-order valence-corrected chi connectivity index (χ0v) is 12.5. The second-order valence-electron chi connectivity index (χ2n) is 4.37. The van der Waals surface area contributed by atoms with Crippen molar-refractivity contribution in [1.82, 2.24) is 0 Å². The maximum Gasteiger partial charge on any atom is 0.255 e. The summed E-state index contributed by atoms with van der Waals surface area (Å²) in [4.78, 5) is 12.2. The Morgan fingerprint density at radius 3 is 2.27 bits per heavy atom. The van der Waals surface area contributed by atoms with E-state index in [0.717, 1.165) is 6.07 Å². The number of ether oxygens (including phenoxy) is 3. The Hall–Kier alpha value is -2.76. The van der Waals surface area contributed by atoms with Crippen molar-refractivity contribution in [3.63, 3.8) is 0 Å². The topological polar surface area (TPSA) is 56.8 Å². The molecule has 22 heavy (non-hydrogen) atoms. The minimum absolute atomic E-state index is 0.0820. The summed E-state index contributed by atoms with van der Waals surface area (Å²) in [6.45, 7) is 0. The van der Waals surface area contributed by atoms with Crippen molar-refractivity contribution in [3.8, 4) is 17.2 Å². The van der Waals surface area contributed by atoms with E-state index < -0.39 is 11.7 Å². The summed E-state index contributed by atoms with van der Waals surface area (Å²) in [7, 11) is 4.38. The molecule has 0 fully saturated rings. The van der Waals surface area contributed by atoms with Crippen LogP contribution in [0.25, 0.3) is 0 Å². The van der Waals surface area contributed by atoms with E-state index in [-0.39, 0.29) is 11.3 Å². The van der Waals surface area contributed by atoms with Gasteiger partial charge >= 0.3 is 0 Å². The molecule has 2 rings (SSSR count). The van der Waals surface area contributed by atoms with Gasteiger partial charge in [0.1, 0.15) is 11.5 Å². The van der Waals surface area contributed by atoms with Gasteiger partial charge in [0.05, 0.1) is 27.0 Å². The Labute approximate surface area is 127 Å². The van der Waals surface area contributed by atoms with Gasteiger partial charge in [0.15, 0.2) is 11.6 Å². The highest BCUT2D eigenvalue weighted by Crippen LogP contribution is 2.29. The predicted octanol–water partition coefficient (Wildman–Crippen LogP) is 3.10. The summed E-state index contributed by atoms with van der Waals surface area (Å²) < 4.78 is 28.7. The molecule has 0 heterocycles. The SMILES string of the molecule is COc1ccc(NC(=O)c2ccc(OC)c(F)c2)c(OC)c1. The van der Waals surface area contributed by atoms with Gasteiger partial charge in [-0.3, -0.25) is 4.79 Å². The van der Waals surface area contributed by atoms with E-state index in [0.29, 0.717) is 17.2 Å². The molecule has 2 aromatic carbocycles. The van der Waals surface area contributed by atoms with Crippen LogP contribution in [0.15, 0.2) is 36.4 Å². The summed E-state index contributed by atoms with van der Waals surface area (Å²) >= 11 is 0. The Balaban J connectivity index is 2.23. The second kappa shape index (κ2) is 6.80. The van der Waals surface area contributed by atoms with Crippen LogP contribution in [0.5, 0.6) is 17.2 Å². The fourth-order valence-electron chi connectivity index (χ4n) is 1.90. The van der Waals surface area contributed by atoms with Gasteiger partial charge in [0.2, 0.25) is 0 Å². The molecule has 0 saturated carbocycles. The van der Waals surface area contributed by atoms with Gasteiger partial charge in [-0.1, -0.05) is 0 Å². The summed E-state index contributed by atoms with van der Waals surface area (Å²) in [5, 5.41) is 2.67. The van der Waals surface area contributed by atoms with Gasteiger partial charge in [-0.25, -0.2) is 4.39 Å². The van der Waals surface area contributed by atoms with Gasteiger partial charge in [-0.15, -0.1) is 0 Å². The first-order valence-corrected chi connectivity index (χ1v) is 6.46. The van der Waals surface area contributed by atoms with Crippen molar-refractivity contribution < 1.29 is 23.4 Å². The number of amides is 1. The lowest BCUT2D eigenvalue weighted by molar-refractivity contribution is 0.102. The molecule has 0 aliphatic rings. The molecule has 116 valence electrons. The molecule has 5 nitrogen and oxygen atoms in total. The zero-order valence-electron chi connectivity index (χ0n) is 12.5. The average molecular weight is 305 g/mol. The third-order valence-electron chi connectivity index (χ3n) is 3.07. The minimum atomic E-state index is -0.600. The number of nitrogens with one attached hydrogen (secondary N) is 1. The molecule has 0 saturated heterocycles. The van der Waals surface area contributed by atoms with Crippen LogP contribution >= 0.6 is 0 Å². The van der Waals surface area contributed by atoms with Gasteiger partial charge < -0.3 is 19.5 Å². The normalized spacial score (nSPS) is 10.0. The molecule has 1 N–H and O–H groups in total. The van der Waals surface area contributed by atoms with Crippen molar-refractivity contribution in [2.75, 3.05) is 26.6 Å². The largest absolute Gasteiger partial charge is 0.497 e. The number of benzene rings is 2. The van der Waals surface area contributed by atoms with Crippen LogP contribution in [0.2, 0.25) is 0 Å². The first-order valence-electron chi connectivity index (χ1n) is 6.46. The van der Waals surface area contributed by atoms with Crippen LogP contribution in [-0.4, -0.2) is 27.2 Å². The van der Waals surface area contributed by atoms with Crippen LogP contribution < -0.4 is 19.5 Å². The molecular formula is C16H16FNO4. The Morgan fingerprint density at radius 2 is 1.68 bits per heavy atom. The van der Waals surface area contributed by atoms with Gasteiger partial charge in [-0.05, 0) is 30.3 Å². The highest BCUT2D eigenvalue weighted by atomic mass is 19.1. The summed E-state index contributed by atoms with van der Waals surface area (Å²) in [6.07, 6.45) is 0. The van der Waals surface area contributed by atoms with Crippen molar-refractivity contribution in [2.45, 2.75) is 0 Å². The molecule has 6 heteroatoms. The number of carbonyl (C=O) groups is 1. The van der Waals surface area contributed by atoms with Crippen LogP contribution in [-0.2, 0) is 0 Å². The van der Waals surface area contributed by atoms with Crippen LogP contribution in [0, 0.1) is 5.82 Å². The van der Waals surface area contributed by atoms with E-state index in [1.165, 1.54) is 33.5 Å². The summed E-state index contributed by atoms with van der Waals surface area (Å²) in [5.74, 6) is 0.0764.